The van der Waals surface area contributed by atoms with E-state index in [1.165, 1.54) is 11.1 Å². The maximum atomic E-state index is 12.6. The Balaban J connectivity index is 1.48. The minimum atomic E-state index is -0.507. The Morgan fingerprint density at radius 2 is 2.08 bits per heavy atom. The van der Waals surface area contributed by atoms with Crippen LogP contribution in [-0.4, -0.2) is 73.4 Å². The number of morpholine rings is 1. The fraction of sp³-hybridized carbons (Fsp3) is 0.632. The number of aryl methyl sites for hydroxylation is 1. The monoisotopic (exact) mass is 332 g/mol. The number of nitrogens with zero attached hydrogens (tertiary/aromatic N) is 2. The third kappa shape index (κ3) is 4.15. The Hall–Kier alpha value is -1.43. The van der Waals surface area contributed by atoms with Crippen LogP contribution in [-0.2, 0) is 9.53 Å². The van der Waals surface area contributed by atoms with Gasteiger partial charge in [-0.15, -0.1) is 0 Å². The maximum Gasteiger partial charge on any atom is 0.226 e. The van der Waals surface area contributed by atoms with Crippen molar-refractivity contribution in [1.29, 1.82) is 0 Å². The smallest absolute Gasteiger partial charge is 0.226 e. The minimum absolute atomic E-state index is 0.0756. The summed E-state index contributed by atoms with van der Waals surface area (Å²) < 4.78 is 5.32. The number of ether oxygens (including phenoxy) is 1. The largest absolute Gasteiger partial charge is 0.390 e. The van der Waals surface area contributed by atoms with Gasteiger partial charge in [-0.1, -0.05) is 24.3 Å². The SMILES string of the molecule is Cc1ccccc1C1CC1C(=O)N(C)CC(O)CN1CCOCC1. The Bertz CT molecular complexity index is 571. The highest BCUT2D eigenvalue weighted by Crippen LogP contribution is 2.49. The zero-order valence-electron chi connectivity index (χ0n) is 14.6. The van der Waals surface area contributed by atoms with E-state index in [0.717, 1.165) is 32.7 Å². The molecule has 1 aliphatic heterocycles. The van der Waals surface area contributed by atoms with E-state index in [2.05, 4.69) is 24.0 Å². The molecule has 1 saturated carbocycles. The van der Waals surface area contributed by atoms with Gasteiger partial charge in [-0.25, -0.2) is 0 Å². The maximum absolute atomic E-state index is 12.6. The van der Waals surface area contributed by atoms with Crippen LogP contribution >= 0.6 is 0 Å². The fourth-order valence-corrected chi connectivity index (χ4v) is 3.64. The molecular weight excluding hydrogens is 304 g/mol. The van der Waals surface area contributed by atoms with E-state index in [1.807, 2.05) is 12.1 Å². The lowest BCUT2D eigenvalue weighted by atomic mass is 10.0. The third-order valence-corrected chi connectivity index (χ3v) is 5.13. The van der Waals surface area contributed by atoms with Crippen molar-refractivity contribution in [3.8, 4) is 0 Å². The molecule has 132 valence electrons. The molecule has 3 atom stereocenters. The molecule has 5 heteroatoms. The van der Waals surface area contributed by atoms with Gasteiger partial charge in [0.1, 0.15) is 0 Å². The molecule has 1 aromatic carbocycles. The number of amides is 1. The highest BCUT2D eigenvalue weighted by molar-refractivity contribution is 5.83. The lowest BCUT2D eigenvalue weighted by molar-refractivity contribution is -0.132. The van der Waals surface area contributed by atoms with Gasteiger partial charge in [-0.2, -0.15) is 0 Å². The number of aliphatic hydroxyl groups is 1. The first-order valence-corrected chi connectivity index (χ1v) is 8.85. The van der Waals surface area contributed by atoms with E-state index < -0.39 is 6.10 Å². The number of carbonyl (C=O) groups excluding carboxylic acids is 1. The van der Waals surface area contributed by atoms with Crippen LogP contribution in [0.4, 0.5) is 0 Å². The quantitative estimate of drug-likeness (QED) is 0.852. The Morgan fingerprint density at radius 3 is 2.79 bits per heavy atom. The van der Waals surface area contributed by atoms with E-state index in [9.17, 15) is 9.90 Å². The molecule has 0 radical (unpaired) electrons. The molecule has 0 aromatic heterocycles. The zero-order valence-corrected chi connectivity index (χ0v) is 14.6. The van der Waals surface area contributed by atoms with Gasteiger partial charge in [0.05, 0.1) is 19.3 Å². The van der Waals surface area contributed by atoms with Crippen molar-refractivity contribution in [1.82, 2.24) is 9.80 Å². The molecular formula is C19H28N2O3. The van der Waals surface area contributed by atoms with Crippen LogP contribution in [0.1, 0.15) is 23.5 Å². The van der Waals surface area contributed by atoms with Gasteiger partial charge in [0.25, 0.3) is 0 Å². The predicted octanol–water partition coefficient (Wildman–Crippen LogP) is 1.25. The van der Waals surface area contributed by atoms with Gasteiger partial charge in [0.2, 0.25) is 5.91 Å². The second-order valence-corrected chi connectivity index (χ2v) is 7.09. The number of hydrogen-bond donors (Lipinski definition) is 1. The molecule has 1 aromatic rings. The highest BCUT2D eigenvalue weighted by atomic mass is 16.5. The van der Waals surface area contributed by atoms with Crippen LogP contribution in [0.5, 0.6) is 0 Å². The molecule has 1 saturated heterocycles. The molecule has 3 rings (SSSR count). The molecule has 1 N–H and O–H groups in total. The van der Waals surface area contributed by atoms with Crippen LogP contribution < -0.4 is 0 Å². The average molecular weight is 332 g/mol. The van der Waals surface area contributed by atoms with E-state index in [1.54, 1.807) is 11.9 Å². The molecule has 1 aliphatic carbocycles. The normalized spacial score (nSPS) is 25.3. The summed E-state index contributed by atoms with van der Waals surface area (Å²) in [5.74, 6) is 0.577. The highest BCUT2D eigenvalue weighted by Gasteiger charge is 2.45. The number of hydrogen-bond acceptors (Lipinski definition) is 4. The lowest BCUT2D eigenvalue weighted by Gasteiger charge is -2.30. The fourth-order valence-electron chi connectivity index (χ4n) is 3.64. The summed E-state index contributed by atoms with van der Waals surface area (Å²) in [5, 5.41) is 10.3. The summed E-state index contributed by atoms with van der Waals surface area (Å²) in [6.45, 7) is 6.26. The van der Waals surface area contributed by atoms with Crippen molar-refractivity contribution in [2.24, 2.45) is 5.92 Å². The first-order chi connectivity index (χ1) is 11.6. The molecule has 0 bridgehead atoms. The Morgan fingerprint density at radius 1 is 1.38 bits per heavy atom. The number of rotatable bonds is 6. The Kier molecular flexibility index (Phi) is 5.54. The van der Waals surface area contributed by atoms with Crippen molar-refractivity contribution in [2.45, 2.75) is 25.4 Å². The molecule has 1 heterocycles. The van der Waals surface area contributed by atoms with E-state index in [4.69, 9.17) is 4.74 Å². The van der Waals surface area contributed by atoms with Crippen molar-refractivity contribution in [3.05, 3.63) is 35.4 Å². The summed E-state index contributed by atoms with van der Waals surface area (Å²) >= 11 is 0. The second-order valence-electron chi connectivity index (χ2n) is 7.09. The topological polar surface area (TPSA) is 53.0 Å². The molecule has 1 amide bonds. The van der Waals surface area contributed by atoms with Gasteiger partial charge in [-0.3, -0.25) is 9.69 Å². The third-order valence-electron chi connectivity index (χ3n) is 5.13. The lowest BCUT2D eigenvalue weighted by Crippen LogP contribution is -2.45. The second kappa shape index (κ2) is 7.64. The number of carbonyl (C=O) groups is 1. The molecule has 5 nitrogen and oxygen atoms in total. The van der Waals surface area contributed by atoms with Crippen LogP contribution in [0, 0.1) is 12.8 Å². The minimum Gasteiger partial charge on any atom is -0.390 e. The van der Waals surface area contributed by atoms with Crippen molar-refractivity contribution in [3.63, 3.8) is 0 Å². The summed E-state index contributed by atoms with van der Waals surface area (Å²) in [6.07, 6.45) is 0.417. The first kappa shape index (κ1) is 17.4. The molecule has 0 spiro atoms. The molecule has 3 unspecified atom stereocenters. The van der Waals surface area contributed by atoms with Crippen LogP contribution in [0.15, 0.2) is 24.3 Å². The van der Waals surface area contributed by atoms with E-state index in [0.29, 0.717) is 19.0 Å². The summed E-state index contributed by atoms with van der Waals surface area (Å²) in [6, 6.07) is 8.30. The van der Waals surface area contributed by atoms with E-state index >= 15 is 0 Å². The van der Waals surface area contributed by atoms with Gasteiger partial charge in [-0.05, 0) is 30.4 Å². The summed E-state index contributed by atoms with van der Waals surface area (Å²) in [5.41, 5.74) is 2.55. The number of likely N-dealkylation sites (N-methyl/N-ethyl adjacent to an activating group) is 1. The first-order valence-electron chi connectivity index (χ1n) is 8.85. The zero-order chi connectivity index (χ0) is 17.1. The molecule has 2 aliphatic rings. The average Bonchev–Trinajstić information content (AvgIpc) is 3.35. The standard InChI is InChI=1S/C19H28N2O3/c1-14-5-3-4-6-16(14)17-11-18(17)19(23)20(2)12-15(22)13-21-7-9-24-10-8-21/h3-6,15,17-18,22H,7-13H2,1-2H3. The van der Waals surface area contributed by atoms with Gasteiger partial charge < -0.3 is 14.7 Å². The van der Waals surface area contributed by atoms with Crippen LogP contribution in [0.25, 0.3) is 0 Å². The number of aliphatic hydroxyl groups excluding tert-OH is 1. The summed E-state index contributed by atoms with van der Waals surface area (Å²) in [4.78, 5) is 16.5. The van der Waals surface area contributed by atoms with Gasteiger partial charge in [0, 0.05) is 39.1 Å². The van der Waals surface area contributed by atoms with Crippen molar-refractivity contribution < 1.29 is 14.6 Å². The number of benzene rings is 1. The van der Waals surface area contributed by atoms with Crippen LogP contribution in [0.2, 0.25) is 0 Å². The molecule has 2 fully saturated rings. The molecule has 24 heavy (non-hydrogen) atoms. The van der Waals surface area contributed by atoms with E-state index in [-0.39, 0.29) is 11.8 Å². The van der Waals surface area contributed by atoms with Gasteiger partial charge >= 0.3 is 0 Å². The van der Waals surface area contributed by atoms with Crippen molar-refractivity contribution in [2.75, 3.05) is 46.4 Å². The Labute approximate surface area is 144 Å². The van der Waals surface area contributed by atoms with Gasteiger partial charge in [0.15, 0.2) is 0 Å². The van der Waals surface area contributed by atoms with Crippen molar-refractivity contribution >= 4 is 5.91 Å². The summed E-state index contributed by atoms with van der Waals surface area (Å²) in [7, 11) is 1.80. The predicted molar refractivity (Wildman–Crippen MR) is 92.9 cm³/mol. The van der Waals surface area contributed by atoms with Crippen LogP contribution in [0.3, 0.4) is 0 Å². The number of β-amino-alcohol motifs (C(OH)–C–C–N with tert-alkyl or cyclic N) is 1.